The van der Waals surface area contributed by atoms with Crippen molar-refractivity contribution in [1.29, 1.82) is 0 Å². The Hall–Kier alpha value is -3.72. The van der Waals surface area contributed by atoms with Crippen LogP contribution < -0.4 is 9.80 Å². The van der Waals surface area contributed by atoms with Crippen LogP contribution in [-0.4, -0.2) is 0 Å². The maximum atomic E-state index is 6.16. The number of nitrogens with zero attached hydrogens (tertiary/aromatic N) is 2. The molecule has 0 saturated carbocycles. The van der Waals surface area contributed by atoms with Crippen molar-refractivity contribution in [2.24, 2.45) is 0 Å². The number of benzene rings is 5. The summed E-state index contributed by atoms with van der Waals surface area (Å²) < 4.78 is 0. The van der Waals surface area contributed by atoms with Crippen LogP contribution in [0.5, 0.6) is 0 Å². The second-order valence-corrected chi connectivity index (χ2v) is 8.68. The monoisotopic (exact) mass is 480 g/mol. The summed E-state index contributed by atoms with van der Waals surface area (Å²) in [5, 5.41) is 1.41. The topological polar surface area (TPSA) is 6.48 Å². The van der Waals surface area contributed by atoms with Crippen molar-refractivity contribution in [3.05, 3.63) is 144 Å². The number of hydrogen-bond acceptors (Lipinski definition) is 2. The molecule has 5 rings (SSSR count). The Morgan fingerprint density at radius 3 is 0.824 bits per heavy atom. The Morgan fingerprint density at radius 1 is 0.294 bits per heavy atom. The van der Waals surface area contributed by atoms with Crippen molar-refractivity contribution < 1.29 is 0 Å². The number of hydrogen-bond donors (Lipinski definition) is 0. The zero-order chi connectivity index (χ0) is 23.3. The molecule has 34 heavy (non-hydrogen) atoms. The highest BCUT2D eigenvalue weighted by Gasteiger charge is 2.15. The minimum atomic E-state index is 0.705. The van der Waals surface area contributed by atoms with E-state index in [9.17, 15) is 0 Å². The number of halogens is 2. The van der Waals surface area contributed by atoms with Gasteiger partial charge in [0.05, 0.1) is 0 Å². The smallest absolute Gasteiger partial charge is 0.0463 e. The van der Waals surface area contributed by atoms with Crippen LogP contribution in [0.25, 0.3) is 0 Å². The molecule has 0 saturated heterocycles. The van der Waals surface area contributed by atoms with Gasteiger partial charge in [-0.2, -0.15) is 0 Å². The van der Waals surface area contributed by atoms with Crippen molar-refractivity contribution in [3.63, 3.8) is 0 Å². The van der Waals surface area contributed by atoms with E-state index in [1.54, 1.807) is 0 Å². The first kappa shape index (κ1) is 22.1. The van der Waals surface area contributed by atoms with Gasteiger partial charge < -0.3 is 9.80 Å². The molecule has 0 spiro atoms. The maximum absolute atomic E-state index is 6.16. The van der Waals surface area contributed by atoms with E-state index in [0.717, 1.165) is 34.1 Å². The van der Waals surface area contributed by atoms with Crippen molar-refractivity contribution in [1.82, 2.24) is 0 Å². The second-order valence-electron chi connectivity index (χ2n) is 7.81. The van der Waals surface area contributed by atoms with Crippen molar-refractivity contribution >= 4 is 57.3 Å². The van der Waals surface area contributed by atoms with Crippen LogP contribution in [0.15, 0.2) is 133 Å². The third-order valence-electron chi connectivity index (χ3n) is 5.56. The molecule has 166 valence electrons. The van der Waals surface area contributed by atoms with Crippen LogP contribution in [0.4, 0.5) is 34.1 Å². The highest BCUT2D eigenvalue weighted by Crippen LogP contribution is 2.39. The van der Waals surface area contributed by atoms with Crippen LogP contribution in [0.3, 0.4) is 0 Å². The highest BCUT2D eigenvalue weighted by molar-refractivity contribution is 6.31. The summed E-state index contributed by atoms with van der Waals surface area (Å²) in [4.78, 5) is 4.44. The third kappa shape index (κ3) is 4.79. The minimum absolute atomic E-state index is 0.705. The summed E-state index contributed by atoms with van der Waals surface area (Å²) in [6.45, 7) is 0. The summed E-state index contributed by atoms with van der Waals surface area (Å²) in [6, 6.07) is 45.0. The Morgan fingerprint density at radius 2 is 0.529 bits per heavy atom. The van der Waals surface area contributed by atoms with Crippen LogP contribution in [0, 0.1) is 0 Å². The van der Waals surface area contributed by atoms with Gasteiger partial charge >= 0.3 is 0 Å². The number of rotatable bonds is 6. The quantitative estimate of drug-likeness (QED) is 0.238. The van der Waals surface area contributed by atoms with Gasteiger partial charge in [-0.15, -0.1) is 0 Å². The highest BCUT2D eigenvalue weighted by atomic mass is 35.5. The molecule has 0 aromatic heterocycles. The van der Waals surface area contributed by atoms with E-state index in [1.807, 2.05) is 60.7 Å². The average molecular weight is 481 g/mol. The Labute approximate surface area is 210 Å². The fourth-order valence-electron chi connectivity index (χ4n) is 3.98. The SMILES string of the molecule is Clc1ccc(N(c2ccc(Cl)cc2)c2ccc(N(c3ccccc3)c3ccccc3)cc2)cc1. The van der Waals surface area contributed by atoms with Gasteiger partial charge in [0, 0.05) is 44.2 Å². The molecule has 5 aromatic carbocycles. The molecule has 0 unspecified atom stereocenters. The van der Waals surface area contributed by atoms with Gasteiger partial charge in [-0.3, -0.25) is 0 Å². The molecule has 0 heterocycles. The lowest BCUT2D eigenvalue weighted by molar-refractivity contribution is 1.26. The molecule has 0 aliphatic carbocycles. The van der Waals surface area contributed by atoms with E-state index in [2.05, 4.69) is 82.6 Å². The number of anilines is 6. The Bertz CT molecular complexity index is 1250. The molecule has 5 aromatic rings. The van der Waals surface area contributed by atoms with E-state index < -0.39 is 0 Å². The van der Waals surface area contributed by atoms with Gasteiger partial charge in [-0.05, 0) is 97.1 Å². The molecule has 0 fully saturated rings. The summed E-state index contributed by atoms with van der Waals surface area (Å²) >= 11 is 12.3. The van der Waals surface area contributed by atoms with E-state index in [-0.39, 0.29) is 0 Å². The molecule has 2 nitrogen and oxygen atoms in total. The van der Waals surface area contributed by atoms with Gasteiger partial charge in [-0.1, -0.05) is 59.6 Å². The number of para-hydroxylation sites is 2. The molecule has 0 bridgehead atoms. The molecule has 0 aliphatic heterocycles. The van der Waals surface area contributed by atoms with Crippen LogP contribution in [0.2, 0.25) is 10.0 Å². The standard InChI is InChI=1S/C30H22Cl2N2/c31-23-11-15-27(16-12-23)34(28-17-13-24(32)14-18-28)30-21-19-29(20-22-30)33(25-7-3-1-4-8-25)26-9-5-2-6-10-26/h1-22H. The third-order valence-corrected chi connectivity index (χ3v) is 6.07. The fourth-order valence-corrected chi connectivity index (χ4v) is 4.23. The van der Waals surface area contributed by atoms with E-state index in [1.165, 1.54) is 0 Å². The predicted octanol–water partition coefficient (Wildman–Crippen LogP) is 9.93. The van der Waals surface area contributed by atoms with Crippen molar-refractivity contribution in [3.8, 4) is 0 Å². The Balaban J connectivity index is 1.57. The normalized spacial score (nSPS) is 10.6. The van der Waals surface area contributed by atoms with E-state index in [0.29, 0.717) is 10.0 Å². The fraction of sp³-hybridized carbons (Fsp3) is 0. The molecule has 0 atom stereocenters. The predicted molar refractivity (Wildman–Crippen MR) is 146 cm³/mol. The molecular formula is C30H22Cl2N2. The van der Waals surface area contributed by atoms with E-state index in [4.69, 9.17) is 23.2 Å². The largest absolute Gasteiger partial charge is 0.311 e. The van der Waals surface area contributed by atoms with E-state index >= 15 is 0 Å². The van der Waals surface area contributed by atoms with Crippen LogP contribution in [-0.2, 0) is 0 Å². The first-order chi connectivity index (χ1) is 16.7. The van der Waals surface area contributed by atoms with Gasteiger partial charge in [-0.25, -0.2) is 0 Å². The van der Waals surface area contributed by atoms with Crippen molar-refractivity contribution in [2.45, 2.75) is 0 Å². The lowest BCUT2D eigenvalue weighted by Crippen LogP contribution is -2.12. The van der Waals surface area contributed by atoms with Gasteiger partial charge in [0.1, 0.15) is 0 Å². The zero-order valence-corrected chi connectivity index (χ0v) is 19.9. The minimum Gasteiger partial charge on any atom is -0.311 e. The van der Waals surface area contributed by atoms with Gasteiger partial charge in [0.25, 0.3) is 0 Å². The molecule has 0 amide bonds. The zero-order valence-electron chi connectivity index (χ0n) is 18.4. The lowest BCUT2D eigenvalue weighted by atomic mass is 10.1. The van der Waals surface area contributed by atoms with Crippen molar-refractivity contribution in [2.75, 3.05) is 9.80 Å². The van der Waals surface area contributed by atoms with Crippen LogP contribution >= 0.6 is 23.2 Å². The molecular weight excluding hydrogens is 459 g/mol. The van der Waals surface area contributed by atoms with Crippen LogP contribution in [0.1, 0.15) is 0 Å². The molecule has 0 aliphatic rings. The summed E-state index contributed by atoms with van der Waals surface area (Å²) in [5.41, 5.74) is 6.36. The van der Waals surface area contributed by atoms with Gasteiger partial charge in [0.15, 0.2) is 0 Å². The lowest BCUT2D eigenvalue weighted by Gasteiger charge is -2.28. The molecule has 0 radical (unpaired) electrons. The maximum Gasteiger partial charge on any atom is 0.0463 e. The molecule has 0 N–H and O–H groups in total. The first-order valence-electron chi connectivity index (χ1n) is 11.0. The Kier molecular flexibility index (Phi) is 6.53. The van der Waals surface area contributed by atoms with Gasteiger partial charge in [0.2, 0.25) is 0 Å². The molecule has 4 heteroatoms. The summed E-state index contributed by atoms with van der Waals surface area (Å²) in [5.74, 6) is 0. The first-order valence-corrected chi connectivity index (χ1v) is 11.8. The average Bonchev–Trinajstić information content (AvgIpc) is 2.89. The summed E-state index contributed by atoms with van der Waals surface area (Å²) in [6.07, 6.45) is 0. The summed E-state index contributed by atoms with van der Waals surface area (Å²) in [7, 11) is 0. The second kappa shape index (κ2) is 10.0.